The van der Waals surface area contributed by atoms with Gasteiger partial charge in [-0.25, -0.2) is 9.97 Å². The number of hydrogen-bond acceptors (Lipinski definition) is 5. The van der Waals surface area contributed by atoms with Crippen molar-refractivity contribution in [3.63, 3.8) is 0 Å². The summed E-state index contributed by atoms with van der Waals surface area (Å²) in [5.74, 6) is 0.528. The smallest absolute Gasteiger partial charge is 0.224 e. The van der Waals surface area contributed by atoms with E-state index >= 15 is 0 Å². The molecule has 0 aliphatic heterocycles. The Hall–Kier alpha value is -2.56. The monoisotopic (exact) mass is 259 g/mol. The van der Waals surface area contributed by atoms with Crippen LogP contribution >= 0.6 is 0 Å². The number of nitrogens with zero attached hydrogens (tertiary/aromatic N) is 3. The number of aromatic hydroxyl groups is 2. The third-order valence-electron chi connectivity index (χ3n) is 2.19. The van der Waals surface area contributed by atoms with Gasteiger partial charge < -0.3 is 15.1 Å². The second-order valence-corrected chi connectivity index (χ2v) is 3.90. The van der Waals surface area contributed by atoms with Gasteiger partial charge >= 0.3 is 0 Å². The highest BCUT2D eigenvalue weighted by Crippen LogP contribution is 2.24. The van der Waals surface area contributed by atoms with Crippen molar-refractivity contribution in [2.75, 3.05) is 19.0 Å². The van der Waals surface area contributed by atoms with Gasteiger partial charge in [0.25, 0.3) is 0 Å². The first-order valence-electron chi connectivity index (χ1n) is 5.63. The largest absolute Gasteiger partial charge is 0.504 e. The molecule has 0 fully saturated rings. The van der Waals surface area contributed by atoms with Gasteiger partial charge in [-0.3, -0.25) is 0 Å². The molecule has 0 saturated carbocycles. The number of anilines is 1. The number of rotatable bonds is 2. The Kier molecular flexibility index (Phi) is 5.35. The highest BCUT2D eigenvalue weighted by atomic mass is 16.3. The third-order valence-corrected chi connectivity index (χ3v) is 2.19. The average molecular weight is 259 g/mol. The third kappa shape index (κ3) is 4.67. The van der Waals surface area contributed by atoms with E-state index in [0.29, 0.717) is 0 Å². The van der Waals surface area contributed by atoms with E-state index in [1.54, 1.807) is 30.6 Å². The standard InChI is InChI=1S/C8H8O2.C6H9N3/c1-2-6-3-4-7(9)8(10)5-6;1-9(2)6-7-4-3-5-8-6/h2-5,9-10H,1H2;3-5H,1-2H3. The molecule has 5 nitrogen and oxygen atoms in total. The predicted molar refractivity (Wildman–Crippen MR) is 76.2 cm³/mol. The van der Waals surface area contributed by atoms with Crippen molar-refractivity contribution in [3.05, 3.63) is 48.8 Å². The summed E-state index contributed by atoms with van der Waals surface area (Å²) in [4.78, 5) is 9.85. The van der Waals surface area contributed by atoms with Gasteiger partial charge in [0, 0.05) is 26.5 Å². The van der Waals surface area contributed by atoms with E-state index in [2.05, 4.69) is 16.5 Å². The minimum atomic E-state index is -0.114. The number of aromatic nitrogens is 2. The Labute approximate surface area is 112 Å². The van der Waals surface area contributed by atoms with Gasteiger partial charge in [-0.05, 0) is 23.8 Å². The molecule has 100 valence electrons. The van der Waals surface area contributed by atoms with Crippen molar-refractivity contribution in [2.24, 2.45) is 0 Å². The Bertz CT molecular complexity index is 527. The molecule has 0 aliphatic carbocycles. The first-order chi connectivity index (χ1) is 9.04. The molecule has 0 bridgehead atoms. The van der Waals surface area contributed by atoms with Crippen LogP contribution in [0.5, 0.6) is 11.5 Å². The summed E-state index contributed by atoms with van der Waals surface area (Å²) in [6.07, 6.45) is 5.05. The fourth-order valence-electron chi connectivity index (χ4n) is 1.19. The molecular weight excluding hydrogens is 242 g/mol. The van der Waals surface area contributed by atoms with Gasteiger partial charge in [-0.15, -0.1) is 0 Å². The lowest BCUT2D eigenvalue weighted by molar-refractivity contribution is 0.403. The van der Waals surface area contributed by atoms with Crippen LogP contribution in [0.4, 0.5) is 5.95 Å². The zero-order chi connectivity index (χ0) is 14.3. The van der Waals surface area contributed by atoms with Crippen molar-refractivity contribution in [1.82, 2.24) is 9.97 Å². The van der Waals surface area contributed by atoms with E-state index < -0.39 is 0 Å². The molecule has 0 unspecified atom stereocenters. The lowest BCUT2D eigenvalue weighted by Crippen LogP contribution is -2.11. The maximum Gasteiger partial charge on any atom is 0.224 e. The summed E-state index contributed by atoms with van der Waals surface area (Å²) in [6, 6.07) is 6.34. The van der Waals surface area contributed by atoms with Gasteiger partial charge in [0.1, 0.15) is 0 Å². The molecule has 0 spiro atoms. The summed E-state index contributed by atoms with van der Waals surface area (Å²) in [5, 5.41) is 17.8. The van der Waals surface area contributed by atoms with Gasteiger partial charge in [0.05, 0.1) is 0 Å². The van der Waals surface area contributed by atoms with Crippen LogP contribution in [0, 0.1) is 0 Å². The summed E-state index contributed by atoms with van der Waals surface area (Å²) in [5.41, 5.74) is 0.787. The van der Waals surface area contributed by atoms with Crippen molar-refractivity contribution in [3.8, 4) is 11.5 Å². The van der Waals surface area contributed by atoms with E-state index in [9.17, 15) is 0 Å². The highest BCUT2D eigenvalue weighted by Gasteiger charge is 1.96. The van der Waals surface area contributed by atoms with E-state index in [1.165, 1.54) is 12.1 Å². The van der Waals surface area contributed by atoms with Crippen molar-refractivity contribution in [2.45, 2.75) is 0 Å². The molecule has 19 heavy (non-hydrogen) atoms. The molecule has 1 heterocycles. The molecule has 5 heteroatoms. The van der Waals surface area contributed by atoms with E-state index in [0.717, 1.165) is 11.5 Å². The molecule has 1 aromatic heterocycles. The molecule has 0 saturated heterocycles. The zero-order valence-corrected chi connectivity index (χ0v) is 11.0. The quantitative estimate of drug-likeness (QED) is 0.810. The van der Waals surface area contributed by atoms with E-state index in [1.807, 2.05) is 19.0 Å². The summed E-state index contributed by atoms with van der Waals surface area (Å²) in [6.45, 7) is 3.51. The van der Waals surface area contributed by atoms with Gasteiger partial charge in [0.2, 0.25) is 5.95 Å². The zero-order valence-electron chi connectivity index (χ0n) is 11.0. The minimum Gasteiger partial charge on any atom is -0.504 e. The Morgan fingerprint density at radius 2 is 1.74 bits per heavy atom. The summed E-state index contributed by atoms with van der Waals surface area (Å²) >= 11 is 0. The van der Waals surface area contributed by atoms with Crippen molar-refractivity contribution in [1.29, 1.82) is 0 Å². The molecule has 2 aromatic rings. The number of benzene rings is 1. The first kappa shape index (κ1) is 14.5. The average Bonchev–Trinajstić information content (AvgIpc) is 2.43. The summed E-state index contributed by atoms with van der Waals surface area (Å²) in [7, 11) is 3.82. The van der Waals surface area contributed by atoms with Gasteiger partial charge in [-0.1, -0.05) is 18.7 Å². The van der Waals surface area contributed by atoms with Crippen LogP contribution in [0.1, 0.15) is 5.56 Å². The summed E-state index contributed by atoms with van der Waals surface area (Å²) < 4.78 is 0. The number of hydrogen-bond donors (Lipinski definition) is 2. The molecular formula is C14H17N3O2. The highest BCUT2D eigenvalue weighted by molar-refractivity contribution is 5.53. The van der Waals surface area contributed by atoms with Crippen LogP contribution in [0.25, 0.3) is 6.08 Å². The minimum absolute atomic E-state index is 0.106. The maximum atomic E-state index is 8.93. The maximum absolute atomic E-state index is 8.93. The topological polar surface area (TPSA) is 69.5 Å². The normalized spacial score (nSPS) is 9.16. The first-order valence-corrected chi connectivity index (χ1v) is 5.63. The fourth-order valence-corrected chi connectivity index (χ4v) is 1.19. The molecule has 0 amide bonds. The Morgan fingerprint density at radius 3 is 2.16 bits per heavy atom. The number of phenolic OH excluding ortho intramolecular Hbond substituents is 2. The molecule has 0 aliphatic rings. The van der Waals surface area contributed by atoms with Crippen LogP contribution < -0.4 is 4.90 Å². The van der Waals surface area contributed by atoms with Crippen LogP contribution in [0.15, 0.2) is 43.2 Å². The van der Waals surface area contributed by atoms with E-state index in [-0.39, 0.29) is 11.5 Å². The fraction of sp³-hybridized carbons (Fsp3) is 0.143. The second kappa shape index (κ2) is 7.00. The molecule has 2 rings (SSSR count). The number of phenols is 2. The lowest BCUT2D eigenvalue weighted by atomic mass is 10.2. The lowest BCUT2D eigenvalue weighted by Gasteiger charge is -2.06. The molecule has 2 N–H and O–H groups in total. The van der Waals surface area contributed by atoms with Gasteiger partial charge in [0.15, 0.2) is 11.5 Å². The second-order valence-electron chi connectivity index (χ2n) is 3.90. The van der Waals surface area contributed by atoms with E-state index in [4.69, 9.17) is 10.2 Å². The van der Waals surface area contributed by atoms with Crippen LogP contribution in [0.2, 0.25) is 0 Å². The molecule has 1 aromatic carbocycles. The molecule has 0 radical (unpaired) electrons. The Morgan fingerprint density at radius 1 is 1.11 bits per heavy atom. The van der Waals surface area contributed by atoms with Crippen molar-refractivity contribution >= 4 is 12.0 Å². The van der Waals surface area contributed by atoms with Crippen LogP contribution in [0.3, 0.4) is 0 Å². The van der Waals surface area contributed by atoms with Crippen molar-refractivity contribution < 1.29 is 10.2 Å². The van der Waals surface area contributed by atoms with Crippen LogP contribution in [-0.4, -0.2) is 34.3 Å². The van der Waals surface area contributed by atoms with Crippen LogP contribution in [-0.2, 0) is 0 Å². The van der Waals surface area contributed by atoms with Gasteiger partial charge in [-0.2, -0.15) is 0 Å². The predicted octanol–water partition coefficient (Wildman–Crippen LogP) is 2.28. The SMILES string of the molecule is C=Cc1ccc(O)c(O)c1.CN(C)c1ncccn1. The Balaban J connectivity index is 0.000000191. The molecule has 0 atom stereocenters.